The summed E-state index contributed by atoms with van der Waals surface area (Å²) in [6.07, 6.45) is 7.42. The summed E-state index contributed by atoms with van der Waals surface area (Å²) >= 11 is 6.21. The standard InChI is InChI=1S/C37H53ClN6O3/c1-4-27(2)40-32(18-9-12-21-42-19-10-6-11-20-42)36(46)44-23-22-43(37-41-28(3)34(47-37)30-15-7-5-8-16-30)26-33(44)35(45)39-25-29-14-13-17-31(38)24-29/h5,7-8,13-17,24,27-28,32-34,40H,4,6,9-12,18-23,25-26H2,1-3H3,(H,39,45)/t27?,28-,32+,33-,34?/m0/s1. The lowest BCUT2D eigenvalue weighted by atomic mass is 10.0. The van der Waals surface area contributed by atoms with Crippen LogP contribution < -0.4 is 10.6 Å². The normalized spacial score (nSPS) is 23.1. The third-order valence-corrected chi connectivity index (χ3v) is 10.0. The van der Waals surface area contributed by atoms with Gasteiger partial charge in [-0.15, -0.1) is 0 Å². The average Bonchev–Trinajstić information content (AvgIpc) is 3.50. The maximum absolute atomic E-state index is 14.4. The molecule has 9 nitrogen and oxygen atoms in total. The molecule has 256 valence electrons. The lowest BCUT2D eigenvalue weighted by Gasteiger charge is -2.42. The number of nitrogens with one attached hydrogen (secondary N) is 2. The predicted octanol–water partition coefficient (Wildman–Crippen LogP) is 5.40. The first-order valence-corrected chi connectivity index (χ1v) is 18.1. The number of carbonyl (C=O) groups is 2. The number of amides is 2. The summed E-state index contributed by atoms with van der Waals surface area (Å²) < 4.78 is 6.41. The van der Waals surface area contributed by atoms with Crippen molar-refractivity contribution in [3.8, 4) is 0 Å². The molecule has 0 radical (unpaired) electrons. The molecular formula is C37H53ClN6O3. The molecule has 0 bridgehead atoms. The van der Waals surface area contributed by atoms with Gasteiger partial charge in [0, 0.05) is 30.7 Å². The summed E-state index contributed by atoms with van der Waals surface area (Å²) in [6, 6.07) is 17.2. The SMILES string of the molecule is CCC(C)N[C@H](CCCCN1CCCCC1)C(=O)N1CCN(C2=N[C@@H](C)C(c3ccccc3)O2)C[C@H]1C(=O)NCc1cccc(Cl)c1. The van der Waals surface area contributed by atoms with Gasteiger partial charge in [0.25, 0.3) is 6.02 Å². The zero-order chi connectivity index (χ0) is 33.2. The molecule has 47 heavy (non-hydrogen) atoms. The molecule has 2 N–H and O–H groups in total. The number of benzene rings is 2. The fraction of sp³-hybridized carbons (Fsp3) is 0.595. The van der Waals surface area contributed by atoms with E-state index in [1.807, 2.05) is 47.4 Å². The molecule has 0 saturated carbocycles. The smallest absolute Gasteiger partial charge is 0.288 e. The van der Waals surface area contributed by atoms with Crippen LogP contribution >= 0.6 is 11.6 Å². The molecule has 2 fully saturated rings. The van der Waals surface area contributed by atoms with Crippen molar-refractivity contribution in [2.75, 3.05) is 39.3 Å². The second-order valence-electron chi connectivity index (χ2n) is 13.4. The number of piperazine rings is 1. The lowest BCUT2D eigenvalue weighted by Crippen LogP contribution is -2.64. The Morgan fingerprint density at radius 3 is 2.55 bits per heavy atom. The number of unbranched alkanes of at least 4 members (excludes halogenated alkanes) is 1. The van der Waals surface area contributed by atoms with Gasteiger partial charge in [0.15, 0.2) is 0 Å². The van der Waals surface area contributed by atoms with Crippen molar-refractivity contribution in [1.82, 2.24) is 25.3 Å². The van der Waals surface area contributed by atoms with Gasteiger partial charge in [-0.1, -0.05) is 73.8 Å². The third-order valence-electron chi connectivity index (χ3n) is 9.77. The van der Waals surface area contributed by atoms with Crippen molar-refractivity contribution >= 4 is 29.4 Å². The number of piperidine rings is 1. The number of amidine groups is 1. The van der Waals surface area contributed by atoms with Crippen LogP contribution in [0, 0.1) is 0 Å². The van der Waals surface area contributed by atoms with Gasteiger partial charge in [0.05, 0.1) is 18.6 Å². The zero-order valence-electron chi connectivity index (χ0n) is 28.4. The molecule has 2 saturated heterocycles. The van der Waals surface area contributed by atoms with Gasteiger partial charge in [0.2, 0.25) is 11.8 Å². The van der Waals surface area contributed by atoms with Crippen molar-refractivity contribution < 1.29 is 14.3 Å². The van der Waals surface area contributed by atoms with E-state index in [1.54, 1.807) is 4.90 Å². The highest BCUT2D eigenvalue weighted by Crippen LogP contribution is 2.30. The topological polar surface area (TPSA) is 89.5 Å². The number of carbonyl (C=O) groups excluding carboxylic acids is 2. The molecule has 3 heterocycles. The van der Waals surface area contributed by atoms with Crippen LogP contribution in [-0.2, 0) is 20.9 Å². The Labute approximate surface area is 286 Å². The van der Waals surface area contributed by atoms with Gasteiger partial charge in [-0.2, -0.15) is 0 Å². The van der Waals surface area contributed by atoms with Gasteiger partial charge in [-0.05, 0) is 88.8 Å². The Morgan fingerprint density at radius 2 is 1.81 bits per heavy atom. The van der Waals surface area contributed by atoms with Crippen LogP contribution in [0.3, 0.4) is 0 Å². The number of halogens is 1. The second-order valence-corrected chi connectivity index (χ2v) is 13.8. The number of likely N-dealkylation sites (tertiary alicyclic amines) is 1. The Morgan fingerprint density at radius 1 is 1.02 bits per heavy atom. The quantitative estimate of drug-likeness (QED) is 0.279. The van der Waals surface area contributed by atoms with E-state index in [9.17, 15) is 9.59 Å². The molecule has 2 amide bonds. The van der Waals surface area contributed by atoms with Crippen molar-refractivity contribution in [3.05, 3.63) is 70.7 Å². The van der Waals surface area contributed by atoms with Gasteiger partial charge in [-0.3, -0.25) is 9.59 Å². The number of hydrogen-bond acceptors (Lipinski definition) is 7. The van der Waals surface area contributed by atoms with Crippen molar-refractivity contribution in [2.45, 2.75) is 103 Å². The first kappa shape index (κ1) is 35.2. The van der Waals surface area contributed by atoms with Gasteiger partial charge in [-0.25, -0.2) is 4.99 Å². The molecule has 2 aromatic rings. The maximum Gasteiger partial charge on any atom is 0.288 e. The first-order chi connectivity index (χ1) is 22.8. The molecular weight excluding hydrogens is 612 g/mol. The minimum absolute atomic E-state index is 0.00404. The van der Waals surface area contributed by atoms with E-state index < -0.39 is 6.04 Å². The van der Waals surface area contributed by atoms with E-state index in [1.165, 1.54) is 32.4 Å². The van der Waals surface area contributed by atoms with Gasteiger partial charge in [0.1, 0.15) is 12.1 Å². The molecule has 2 unspecified atom stereocenters. The number of ether oxygens (including phenoxy) is 1. The number of nitrogens with zero attached hydrogens (tertiary/aromatic N) is 4. The highest BCUT2D eigenvalue weighted by Gasteiger charge is 2.41. The van der Waals surface area contributed by atoms with Crippen molar-refractivity contribution in [2.24, 2.45) is 4.99 Å². The molecule has 5 atom stereocenters. The number of hydrogen-bond donors (Lipinski definition) is 2. The van der Waals surface area contributed by atoms with E-state index in [4.69, 9.17) is 21.3 Å². The number of rotatable bonds is 13. The monoisotopic (exact) mass is 664 g/mol. The van der Waals surface area contributed by atoms with Crippen LogP contribution in [0.1, 0.15) is 82.9 Å². The largest absolute Gasteiger partial charge is 0.455 e. The first-order valence-electron chi connectivity index (χ1n) is 17.7. The number of aliphatic imine (C=N–C) groups is 1. The van der Waals surface area contributed by atoms with E-state index in [0.29, 0.717) is 37.2 Å². The third kappa shape index (κ3) is 9.71. The van der Waals surface area contributed by atoms with Crippen LogP contribution in [0.15, 0.2) is 59.6 Å². The predicted molar refractivity (Wildman–Crippen MR) is 188 cm³/mol. The zero-order valence-corrected chi connectivity index (χ0v) is 29.1. The van der Waals surface area contributed by atoms with E-state index in [-0.39, 0.29) is 36.0 Å². The summed E-state index contributed by atoms with van der Waals surface area (Å²) in [7, 11) is 0. The maximum atomic E-state index is 14.4. The van der Waals surface area contributed by atoms with Crippen LogP contribution in [0.25, 0.3) is 0 Å². The van der Waals surface area contributed by atoms with Crippen molar-refractivity contribution in [1.29, 1.82) is 0 Å². The molecule has 0 aromatic heterocycles. The molecule has 2 aromatic carbocycles. The second kappa shape index (κ2) is 17.3. The molecule has 0 spiro atoms. The van der Waals surface area contributed by atoms with Crippen LogP contribution in [0.2, 0.25) is 5.02 Å². The fourth-order valence-corrected chi connectivity index (χ4v) is 7.05. The Bertz CT molecular complexity index is 1340. The summed E-state index contributed by atoms with van der Waals surface area (Å²) in [5, 5.41) is 7.32. The highest BCUT2D eigenvalue weighted by molar-refractivity contribution is 6.30. The Hall–Kier alpha value is -3.14. The van der Waals surface area contributed by atoms with Crippen LogP contribution in [-0.4, -0.2) is 96.0 Å². The summed E-state index contributed by atoms with van der Waals surface area (Å²) in [5.74, 6) is -0.197. The van der Waals surface area contributed by atoms with Gasteiger partial charge < -0.3 is 30.1 Å². The Kier molecular flexibility index (Phi) is 13.0. The van der Waals surface area contributed by atoms with Gasteiger partial charge >= 0.3 is 0 Å². The fourth-order valence-electron chi connectivity index (χ4n) is 6.84. The summed E-state index contributed by atoms with van der Waals surface area (Å²) in [6.45, 7) is 11.4. The molecule has 0 aliphatic carbocycles. The average molecular weight is 665 g/mol. The van der Waals surface area contributed by atoms with E-state index >= 15 is 0 Å². The summed E-state index contributed by atoms with van der Waals surface area (Å²) in [4.78, 5) is 39.6. The summed E-state index contributed by atoms with van der Waals surface area (Å²) in [5.41, 5.74) is 1.98. The lowest BCUT2D eigenvalue weighted by molar-refractivity contribution is -0.145. The van der Waals surface area contributed by atoms with Crippen LogP contribution in [0.4, 0.5) is 0 Å². The van der Waals surface area contributed by atoms with E-state index in [2.05, 4.69) is 48.4 Å². The molecule has 5 rings (SSSR count). The Balaban J connectivity index is 1.29. The van der Waals surface area contributed by atoms with Crippen LogP contribution in [0.5, 0.6) is 0 Å². The molecule has 10 heteroatoms. The minimum atomic E-state index is -0.692. The molecule has 3 aliphatic rings. The highest BCUT2D eigenvalue weighted by atomic mass is 35.5. The van der Waals surface area contributed by atoms with Crippen molar-refractivity contribution in [3.63, 3.8) is 0 Å². The minimum Gasteiger partial charge on any atom is -0.455 e. The van der Waals surface area contributed by atoms with E-state index in [0.717, 1.165) is 43.4 Å². The molecule has 3 aliphatic heterocycles.